The minimum absolute atomic E-state index is 0.180. The molecule has 1 fully saturated rings. The second-order valence-corrected chi connectivity index (χ2v) is 8.24. The van der Waals surface area contributed by atoms with Crippen molar-refractivity contribution >= 4 is 39.7 Å². The van der Waals surface area contributed by atoms with E-state index in [4.69, 9.17) is 16.3 Å². The molecule has 1 aliphatic heterocycles. The number of carbonyl (C=O) groups excluding carboxylic acids is 1. The Labute approximate surface area is 185 Å². The molecule has 2 aromatic carbocycles. The largest absolute Gasteiger partial charge is 0.496 e. The highest BCUT2D eigenvalue weighted by Crippen LogP contribution is 2.25. The Kier molecular flexibility index (Phi) is 6.40. The molecule has 156 valence electrons. The van der Waals surface area contributed by atoms with Crippen molar-refractivity contribution in [2.24, 2.45) is 0 Å². The molecule has 6 nitrogen and oxygen atoms in total. The van der Waals surface area contributed by atoms with Crippen molar-refractivity contribution in [3.63, 3.8) is 0 Å². The maximum Gasteiger partial charge on any atom is 0.271 e. The molecule has 0 radical (unpaired) electrons. The van der Waals surface area contributed by atoms with Crippen LogP contribution in [0.5, 0.6) is 5.75 Å². The lowest BCUT2D eigenvalue weighted by atomic mass is 10.2. The molecular formula is C22H23ClN4O2S. The van der Waals surface area contributed by atoms with Gasteiger partial charge >= 0.3 is 0 Å². The predicted molar refractivity (Wildman–Crippen MR) is 122 cm³/mol. The van der Waals surface area contributed by atoms with Crippen LogP contribution in [0.2, 0.25) is 5.02 Å². The maximum absolute atomic E-state index is 12.5. The van der Waals surface area contributed by atoms with Crippen molar-refractivity contribution in [2.45, 2.75) is 6.54 Å². The highest BCUT2D eigenvalue weighted by atomic mass is 35.5. The highest BCUT2D eigenvalue weighted by molar-refractivity contribution is 7.13. The molecule has 1 aliphatic rings. The van der Waals surface area contributed by atoms with Crippen molar-refractivity contribution in [1.29, 1.82) is 0 Å². The summed E-state index contributed by atoms with van der Waals surface area (Å²) in [5.74, 6) is 0.579. The van der Waals surface area contributed by atoms with Crippen molar-refractivity contribution in [1.82, 2.24) is 10.3 Å². The van der Waals surface area contributed by atoms with Gasteiger partial charge < -0.3 is 19.9 Å². The number of rotatable bonds is 6. The lowest BCUT2D eigenvalue weighted by Crippen LogP contribution is -2.46. The summed E-state index contributed by atoms with van der Waals surface area (Å²) in [6, 6.07) is 15.6. The maximum atomic E-state index is 12.5. The van der Waals surface area contributed by atoms with Gasteiger partial charge in [0.1, 0.15) is 11.4 Å². The zero-order valence-corrected chi connectivity index (χ0v) is 18.2. The van der Waals surface area contributed by atoms with Crippen LogP contribution in [-0.2, 0) is 6.54 Å². The van der Waals surface area contributed by atoms with E-state index in [9.17, 15) is 4.79 Å². The smallest absolute Gasteiger partial charge is 0.271 e. The monoisotopic (exact) mass is 442 g/mol. The summed E-state index contributed by atoms with van der Waals surface area (Å²) in [4.78, 5) is 21.6. The number of piperazine rings is 1. The van der Waals surface area contributed by atoms with Gasteiger partial charge in [-0.1, -0.05) is 35.9 Å². The molecule has 1 amide bonds. The SMILES string of the molecule is COc1ccccc1CNC(=O)c1csc(N2CCN(c3cccc(Cl)c3)CC2)n1. The molecule has 0 aliphatic carbocycles. The van der Waals surface area contributed by atoms with Crippen LogP contribution in [0.3, 0.4) is 0 Å². The second kappa shape index (κ2) is 9.36. The molecule has 0 unspecified atom stereocenters. The van der Waals surface area contributed by atoms with Gasteiger partial charge in [0.25, 0.3) is 5.91 Å². The van der Waals surface area contributed by atoms with Gasteiger partial charge in [-0.05, 0) is 24.3 Å². The summed E-state index contributed by atoms with van der Waals surface area (Å²) in [6.45, 7) is 3.86. The van der Waals surface area contributed by atoms with E-state index in [1.807, 2.05) is 47.8 Å². The number of amides is 1. The van der Waals surface area contributed by atoms with Crippen LogP contribution in [0.15, 0.2) is 53.9 Å². The van der Waals surface area contributed by atoms with E-state index in [1.54, 1.807) is 7.11 Å². The lowest BCUT2D eigenvalue weighted by molar-refractivity contribution is 0.0946. The topological polar surface area (TPSA) is 57.7 Å². The molecule has 4 rings (SSSR count). The first kappa shape index (κ1) is 20.5. The van der Waals surface area contributed by atoms with Crippen molar-refractivity contribution in [3.8, 4) is 5.75 Å². The van der Waals surface area contributed by atoms with Crippen LogP contribution in [0.4, 0.5) is 10.8 Å². The first-order chi connectivity index (χ1) is 14.6. The molecule has 30 heavy (non-hydrogen) atoms. The van der Waals surface area contributed by atoms with E-state index in [0.29, 0.717) is 12.2 Å². The fraction of sp³-hybridized carbons (Fsp3) is 0.273. The van der Waals surface area contributed by atoms with Gasteiger partial charge in [-0.15, -0.1) is 11.3 Å². The highest BCUT2D eigenvalue weighted by Gasteiger charge is 2.21. The number of ether oxygens (including phenoxy) is 1. The number of aromatic nitrogens is 1. The van der Waals surface area contributed by atoms with Gasteiger partial charge in [0.05, 0.1) is 7.11 Å². The molecule has 8 heteroatoms. The molecular weight excluding hydrogens is 420 g/mol. The van der Waals surface area contributed by atoms with Crippen LogP contribution < -0.4 is 19.9 Å². The Morgan fingerprint density at radius 1 is 1.13 bits per heavy atom. The average Bonchev–Trinajstić information content (AvgIpc) is 3.28. The van der Waals surface area contributed by atoms with Gasteiger partial charge in [-0.2, -0.15) is 0 Å². The van der Waals surface area contributed by atoms with E-state index in [1.165, 1.54) is 11.3 Å². The number of halogens is 1. The van der Waals surface area contributed by atoms with Gasteiger partial charge in [0.2, 0.25) is 0 Å². The Hall–Kier alpha value is -2.77. The van der Waals surface area contributed by atoms with E-state index < -0.39 is 0 Å². The quantitative estimate of drug-likeness (QED) is 0.623. The average molecular weight is 443 g/mol. The molecule has 0 bridgehead atoms. The minimum Gasteiger partial charge on any atom is -0.496 e. The number of nitrogens with zero attached hydrogens (tertiary/aromatic N) is 3. The Morgan fingerprint density at radius 3 is 2.67 bits per heavy atom. The molecule has 2 heterocycles. The van der Waals surface area contributed by atoms with E-state index in [-0.39, 0.29) is 5.91 Å². The Balaban J connectivity index is 1.33. The summed E-state index contributed by atoms with van der Waals surface area (Å²) in [5.41, 5.74) is 2.51. The summed E-state index contributed by atoms with van der Waals surface area (Å²) >= 11 is 7.62. The number of carbonyl (C=O) groups is 1. The van der Waals surface area contributed by atoms with Crippen molar-refractivity contribution in [2.75, 3.05) is 43.1 Å². The Morgan fingerprint density at radius 2 is 1.90 bits per heavy atom. The molecule has 1 N–H and O–H groups in total. The van der Waals surface area contributed by atoms with Gasteiger partial charge in [-0.3, -0.25) is 4.79 Å². The minimum atomic E-state index is -0.180. The number of thiazole rings is 1. The molecule has 1 aromatic heterocycles. The third-order valence-electron chi connectivity index (χ3n) is 5.08. The summed E-state index contributed by atoms with van der Waals surface area (Å²) in [7, 11) is 1.62. The van der Waals surface area contributed by atoms with Crippen LogP contribution in [0, 0.1) is 0 Å². The van der Waals surface area contributed by atoms with Gasteiger partial charge in [-0.25, -0.2) is 4.98 Å². The summed E-state index contributed by atoms with van der Waals surface area (Å²) in [6.07, 6.45) is 0. The van der Waals surface area contributed by atoms with Crippen LogP contribution in [0.1, 0.15) is 16.1 Å². The van der Waals surface area contributed by atoms with E-state index in [0.717, 1.165) is 53.3 Å². The molecule has 0 saturated carbocycles. The zero-order valence-electron chi connectivity index (χ0n) is 16.7. The van der Waals surface area contributed by atoms with Crippen molar-refractivity contribution < 1.29 is 9.53 Å². The standard InChI is InChI=1S/C22H23ClN4O2S/c1-29-20-8-3-2-5-16(20)14-24-21(28)19-15-30-22(25-19)27-11-9-26(10-12-27)18-7-4-6-17(23)13-18/h2-8,13,15H,9-12,14H2,1H3,(H,24,28). The van der Waals surface area contributed by atoms with Crippen LogP contribution in [0.25, 0.3) is 0 Å². The molecule has 0 spiro atoms. The van der Waals surface area contributed by atoms with Crippen LogP contribution in [-0.4, -0.2) is 44.2 Å². The Bertz CT molecular complexity index is 1020. The van der Waals surface area contributed by atoms with E-state index in [2.05, 4.69) is 26.2 Å². The molecule has 3 aromatic rings. The third-order valence-corrected chi connectivity index (χ3v) is 6.22. The second-order valence-electron chi connectivity index (χ2n) is 6.96. The fourth-order valence-electron chi connectivity index (χ4n) is 3.46. The first-order valence-electron chi connectivity index (χ1n) is 9.75. The number of methoxy groups -OCH3 is 1. The number of benzene rings is 2. The predicted octanol–water partition coefficient (Wildman–Crippen LogP) is 4.06. The van der Waals surface area contributed by atoms with Crippen molar-refractivity contribution in [3.05, 3.63) is 70.2 Å². The summed E-state index contributed by atoms with van der Waals surface area (Å²) in [5, 5.41) is 6.37. The molecule has 0 atom stereocenters. The van der Waals surface area contributed by atoms with E-state index >= 15 is 0 Å². The van der Waals surface area contributed by atoms with Gasteiger partial charge in [0.15, 0.2) is 5.13 Å². The number of para-hydroxylation sites is 1. The third kappa shape index (κ3) is 4.68. The fourth-order valence-corrected chi connectivity index (χ4v) is 4.50. The summed E-state index contributed by atoms with van der Waals surface area (Å²) < 4.78 is 5.33. The van der Waals surface area contributed by atoms with Crippen LogP contribution >= 0.6 is 22.9 Å². The number of hydrogen-bond donors (Lipinski definition) is 1. The molecule has 1 saturated heterocycles. The lowest BCUT2D eigenvalue weighted by Gasteiger charge is -2.36. The first-order valence-corrected chi connectivity index (χ1v) is 11.0. The zero-order chi connectivity index (χ0) is 20.9. The number of nitrogens with one attached hydrogen (secondary N) is 1. The normalized spacial score (nSPS) is 13.9. The number of hydrogen-bond acceptors (Lipinski definition) is 6. The van der Waals surface area contributed by atoms with Gasteiger partial charge in [0, 0.05) is 54.4 Å². The number of anilines is 2.